The molecular formula is C9H9ClN2OS. The Bertz CT molecular complexity index is 424. The van der Waals surface area contributed by atoms with Gasteiger partial charge in [0.15, 0.2) is 0 Å². The van der Waals surface area contributed by atoms with Crippen LogP contribution in [-0.2, 0) is 6.42 Å². The Morgan fingerprint density at radius 1 is 1.50 bits per heavy atom. The summed E-state index contributed by atoms with van der Waals surface area (Å²) in [5, 5.41) is 0. The van der Waals surface area contributed by atoms with Crippen molar-refractivity contribution in [2.24, 2.45) is 5.73 Å². The van der Waals surface area contributed by atoms with E-state index in [0.29, 0.717) is 18.9 Å². The molecule has 2 aromatic rings. The van der Waals surface area contributed by atoms with Gasteiger partial charge in [-0.1, -0.05) is 11.6 Å². The number of hydrogen-bond acceptors (Lipinski definition) is 4. The Morgan fingerprint density at radius 2 is 2.36 bits per heavy atom. The number of oxazole rings is 1. The fraction of sp³-hybridized carbons (Fsp3) is 0.222. The second-order valence-corrected chi connectivity index (χ2v) is 4.49. The molecular weight excluding hydrogens is 220 g/mol. The average molecular weight is 229 g/mol. The molecule has 0 saturated heterocycles. The van der Waals surface area contributed by atoms with Crippen LogP contribution in [0.4, 0.5) is 0 Å². The van der Waals surface area contributed by atoms with Crippen molar-refractivity contribution in [1.82, 2.24) is 4.98 Å². The Kier molecular flexibility index (Phi) is 2.86. The molecule has 2 aromatic heterocycles. The maximum atomic E-state index is 5.81. The molecule has 0 aliphatic rings. The smallest absolute Gasteiger partial charge is 0.236 e. The van der Waals surface area contributed by atoms with Crippen LogP contribution in [-0.4, -0.2) is 11.5 Å². The number of nitrogens with zero attached hydrogens (tertiary/aromatic N) is 1. The lowest BCUT2D eigenvalue weighted by atomic mass is 10.4. The molecule has 0 saturated carbocycles. The summed E-state index contributed by atoms with van der Waals surface area (Å²) in [7, 11) is 0. The van der Waals surface area contributed by atoms with Crippen LogP contribution in [0, 0.1) is 0 Å². The first-order chi connectivity index (χ1) is 6.79. The standard InChI is InChI=1S/C9H9ClN2OS/c10-8-2-1-7(14-8)9-12-5-6(13-9)3-4-11/h1-2,5H,3-4,11H2. The monoisotopic (exact) mass is 228 g/mol. The van der Waals surface area contributed by atoms with E-state index in [1.807, 2.05) is 12.1 Å². The molecule has 2 rings (SSSR count). The third-order valence-electron chi connectivity index (χ3n) is 1.73. The molecule has 0 spiro atoms. The molecule has 0 amide bonds. The lowest BCUT2D eigenvalue weighted by Crippen LogP contribution is -2.01. The van der Waals surface area contributed by atoms with Gasteiger partial charge >= 0.3 is 0 Å². The summed E-state index contributed by atoms with van der Waals surface area (Å²) in [6, 6.07) is 3.72. The van der Waals surface area contributed by atoms with Gasteiger partial charge in [-0.2, -0.15) is 0 Å². The Morgan fingerprint density at radius 3 is 3.00 bits per heavy atom. The summed E-state index contributed by atoms with van der Waals surface area (Å²) in [6.07, 6.45) is 2.42. The topological polar surface area (TPSA) is 52.0 Å². The molecule has 5 heteroatoms. The summed E-state index contributed by atoms with van der Waals surface area (Å²) in [5.41, 5.74) is 5.41. The minimum absolute atomic E-state index is 0.569. The van der Waals surface area contributed by atoms with E-state index in [1.54, 1.807) is 6.20 Å². The molecule has 0 aliphatic carbocycles. The van der Waals surface area contributed by atoms with Crippen LogP contribution >= 0.6 is 22.9 Å². The van der Waals surface area contributed by atoms with Crippen molar-refractivity contribution in [1.29, 1.82) is 0 Å². The quantitative estimate of drug-likeness (QED) is 0.879. The zero-order valence-electron chi connectivity index (χ0n) is 7.37. The first kappa shape index (κ1) is 9.71. The molecule has 0 fully saturated rings. The van der Waals surface area contributed by atoms with Gasteiger partial charge < -0.3 is 10.2 Å². The molecule has 14 heavy (non-hydrogen) atoms. The van der Waals surface area contributed by atoms with Crippen molar-refractivity contribution >= 4 is 22.9 Å². The Balaban J connectivity index is 2.24. The van der Waals surface area contributed by atoms with Crippen molar-refractivity contribution < 1.29 is 4.42 Å². The zero-order valence-corrected chi connectivity index (χ0v) is 8.94. The SMILES string of the molecule is NCCc1cnc(-c2ccc(Cl)s2)o1. The van der Waals surface area contributed by atoms with E-state index in [1.165, 1.54) is 11.3 Å². The molecule has 0 aromatic carbocycles. The van der Waals surface area contributed by atoms with E-state index < -0.39 is 0 Å². The summed E-state index contributed by atoms with van der Waals surface area (Å²) in [6.45, 7) is 0.569. The van der Waals surface area contributed by atoms with Gasteiger partial charge in [-0.25, -0.2) is 4.98 Å². The normalized spacial score (nSPS) is 10.7. The molecule has 0 unspecified atom stereocenters. The predicted octanol–water partition coefficient (Wildman–Crippen LogP) is 2.56. The van der Waals surface area contributed by atoms with Crippen molar-refractivity contribution in [3.8, 4) is 10.8 Å². The van der Waals surface area contributed by atoms with Crippen LogP contribution in [0.2, 0.25) is 4.34 Å². The fourth-order valence-electron chi connectivity index (χ4n) is 1.11. The van der Waals surface area contributed by atoms with Gasteiger partial charge in [0.1, 0.15) is 5.76 Å². The lowest BCUT2D eigenvalue weighted by molar-refractivity contribution is 0.520. The number of hydrogen-bond donors (Lipinski definition) is 1. The highest BCUT2D eigenvalue weighted by molar-refractivity contribution is 7.19. The van der Waals surface area contributed by atoms with E-state index in [9.17, 15) is 0 Å². The number of nitrogens with two attached hydrogens (primary N) is 1. The van der Waals surface area contributed by atoms with Crippen LogP contribution < -0.4 is 5.73 Å². The second-order valence-electron chi connectivity index (χ2n) is 2.77. The first-order valence-electron chi connectivity index (χ1n) is 4.20. The molecule has 0 aliphatic heterocycles. The molecule has 2 N–H and O–H groups in total. The first-order valence-corrected chi connectivity index (χ1v) is 5.39. The second kappa shape index (κ2) is 4.13. The van der Waals surface area contributed by atoms with Gasteiger partial charge in [-0.05, 0) is 18.7 Å². The fourth-order valence-corrected chi connectivity index (χ4v) is 2.08. The molecule has 0 radical (unpaired) electrons. The van der Waals surface area contributed by atoms with Crippen molar-refractivity contribution in [2.45, 2.75) is 6.42 Å². The highest BCUT2D eigenvalue weighted by Crippen LogP contribution is 2.30. The average Bonchev–Trinajstić information content (AvgIpc) is 2.74. The largest absolute Gasteiger partial charge is 0.440 e. The highest BCUT2D eigenvalue weighted by atomic mass is 35.5. The molecule has 0 bridgehead atoms. The highest BCUT2D eigenvalue weighted by Gasteiger charge is 2.08. The van der Waals surface area contributed by atoms with Gasteiger partial charge in [0.2, 0.25) is 5.89 Å². The third-order valence-corrected chi connectivity index (χ3v) is 2.95. The minimum Gasteiger partial charge on any atom is -0.440 e. The van der Waals surface area contributed by atoms with Crippen LogP contribution in [0.15, 0.2) is 22.7 Å². The summed E-state index contributed by atoms with van der Waals surface area (Å²) in [5.74, 6) is 1.43. The maximum absolute atomic E-state index is 5.81. The van der Waals surface area contributed by atoms with Gasteiger partial charge in [-0.3, -0.25) is 0 Å². The van der Waals surface area contributed by atoms with Crippen LogP contribution in [0.25, 0.3) is 10.8 Å². The molecule has 74 valence electrons. The third kappa shape index (κ3) is 1.97. The molecule has 3 nitrogen and oxygen atoms in total. The van der Waals surface area contributed by atoms with E-state index in [0.717, 1.165) is 15.0 Å². The Labute approximate surface area is 90.5 Å². The number of rotatable bonds is 3. The zero-order chi connectivity index (χ0) is 9.97. The summed E-state index contributed by atoms with van der Waals surface area (Å²) >= 11 is 7.26. The van der Waals surface area contributed by atoms with E-state index >= 15 is 0 Å². The summed E-state index contributed by atoms with van der Waals surface area (Å²) < 4.78 is 6.22. The molecule has 2 heterocycles. The number of halogens is 1. The minimum atomic E-state index is 0.569. The Hall–Kier alpha value is -0.840. The van der Waals surface area contributed by atoms with Crippen molar-refractivity contribution in [3.05, 3.63) is 28.4 Å². The van der Waals surface area contributed by atoms with E-state index in [2.05, 4.69) is 4.98 Å². The predicted molar refractivity (Wildman–Crippen MR) is 57.6 cm³/mol. The summed E-state index contributed by atoms with van der Waals surface area (Å²) in [4.78, 5) is 5.09. The van der Waals surface area contributed by atoms with Crippen LogP contribution in [0.5, 0.6) is 0 Å². The van der Waals surface area contributed by atoms with Gasteiger partial charge in [0.25, 0.3) is 0 Å². The lowest BCUT2D eigenvalue weighted by Gasteiger charge is -1.89. The number of thiophene rings is 1. The van der Waals surface area contributed by atoms with Gasteiger partial charge in [-0.15, -0.1) is 11.3 Å². The molecule has 0 atom stereocenters. The number of aromatic nitrogens is 1. The van der Waals surface area contributed by atoms with Gasteiger partial charge in [0.05, 0.1) is 15.4 Å². The van der Waals surface area contributed by atoms with Crippen LogP contribution in [0.1, 0.15) is 5.76 Å². The maximum Gasteiger partial charge on any atom is 0.236 e. The van der Waals surface area contributed by atoms with E-state index in [4.69, 9.17) is 21.8 Å². The van der Waals surface area contributed by atoms with Crippen molar-refractivity contribution in [2.75, 3.05) is 6.54 Å². The van der Waals surface area contributed by atoms with E-state index in [-0.39, 0.29) is 0 Å². The van der Waals surface area contributed by atoms with Gasteiger partial charge in [0, 0.05) is 6.42 Å². The van der Waals surface area contributed by atoms with Crippen LogP contribution in [0.3, 0.4) is 0 Å². The van der Waals surface area contributed by atoms with Crippen molar-refractivity contribution in [3.63, 3.8) is 0 Å².